The number of carbonyl (C=O) groups excluding carboxylic acids is 1. The van der Waals surface area contributed by atoms with Crippen LogP contribution in [0.15, 0.2) is 30.5 Å². The molecule has 0 spiro atoms. The number of benzene rings is 1. The molecule has 2 heterocycles. The van der Waals surface area contributed by atoms with Crippen molar-refractivity contribution in [3.63, 3.8) is 0 Å². The van der Waals surface area contributed by atoms with Crippen LogP contribution in [0.2, 0.25) is 0 Å². The van der Waals surface area contributed by atoms with Crippen LogP contribution in [0.1, 0.15) is 35.7 Å². The summed E-state index contributed by atoms with van der Waals surface area (Å²) >= 11 is 0. The molecular weight excluding hydrogens is 307 g/mol. The van der Waals surface area contributed by atoms with E-state index in [4.69, 9.17) is 0 Å². The lowest BCUT2D eigenvalue weighted by atomic mass is 10.2. The van der Waals surface area contributed by atoms with Crippen LogP contribution in [-0.4, -0.2) is 33.4 Å². The number of nitrogens with one attached hydrogen (secondary N) is 1. The van der Waals surface area contributed by atoms with Gasteiger partial charge in [-0.1, -0.05) is 26.0 Å². The Morgan fingerprint density at radius 3 is 2.96 bits per heavy atom. The third kappa shape index (κ3) is 4.00. The van der Waals surface area contributed by atoms with Crippen LogP contribution in [-0.2, 0) is 19.6 Å². The van der Waals surface area contributed by atoms with E-state index in [0.717, 1.165) is 37.6 Å². The molecule has 0 saturated heterocycles. The number of hydrogen-bond donors (Lipinski definition) is 1. The van der Waals surface area contributed by atoms with E-state index in [1.807, 2.05) is 10.8 Å². The van der Waals surface area contributed by atoms with Crippen molar-refractivity contribution in [3.05, 3.63) is 53.4 Å². The number of hydrogen-bond acceptors (Lipinski definition) is 3. The van der Waals surface area contributed by atoms with E-state index in [2.05, 4.69) is 29.0 Å². The van der Waals surface area contributed by atoms with Crippen molar-refractivity contribution in [3.8, 4) is 0 Å². The van der Waals surface area contributed by atoms with E-state index in [1.165, 1.54) is 12.1 Å². The van der Waals surface area contributed by atoms with E-state index in [9.17, 15) is 9.18 Å². The van der Waals surface area contributed by atoms with Crippen molar-refractivity contribution in [1.29, 1.82) is 0 Å². The highest BCUT2D eigenvalue weighted by atomic mass is 19.1. The van der Waals surface area contributed by atoms with Crippen LogP contribution in [0.4, 0.5) is 4.39 Å². The van der Waals surface area contributed by atoms with Gasteiger partial charge >= 0.3 is 0 Å². The minimum Gasteiger partial charge on any atom is -0.347 e. The predicted molar refractivity (Wildman–Crippen MR) is 89.9 cm³/mol. The van der Waals surface area contributed by atoms with Crippen LogP contribution in [0.25, 0.3) is 0 Å². The average molecular weight is 330 g/mol. The Labute approximate surface area is 141 Å². The molecule has 0 aliphatic carbocycles. The molecule has 1 aromatic heterocycles. The third-order valence-electron chi connectivity index (χ3n) is 4.08. The monoisotopic (exact) mass is 330 g/mol. The molecule has 0 unspecified atom stereocenters. The molecule has 1 N–H and O–H groups in total. The molecule has 5 nitrogen and oxygen atoms in total. The number of carbonyl (C=O) groups is 1. The highest BCUT2D eigenvalue weighted by molar-refractivity contribution is 5.92. The van der Waals surface area contributed by atoms with E-state index in [-0.39, 0.29) is 18.3 Å². The van der Waals surface area contributed by atoms with Gasteiger partial charge in [0.05, 0.1) is 6.54 Å². The fraction of sp³-hybridized carbons (Fsp3) is 0.444. The van der Waals surface area contributed by atoms with Crippen molar-refractivity contribution >= 4 is 5.91 Å². The lowest BCUT2D eigenvalue weighted by Crippen LogP contribution is -2.35. The molecule has 128 valence electrons. The number of amides is 1. The Balaban J connectivity index is 1.62. The van der Waals surface area contributed by atoms with Gasteiger partial charge in [-0.3, -0.25) is 9.69 Å². The van der Waals surface area contributed by atoms with Crippen molar-refractivity contribution in [2.45, 2.75) is 33.5 Å². The van der Waals surface area contributed by atoms with Crippen molar-refractivity contribution in [2.75, 3.05) is 13.1 Å². The van der Waals surface area contributed by atoms with Gasteiger partial charge in [0.2, 0.25) is 0 Å². The third-order valence-corrected chi connectivity index (χ3v) is 4.08. The maximum atomic E-state index is 13.2. The molecule has 0 radical (unpaired) electrons. The molecule has 1 amide bonds. The average Bonchev–Trinajstić information content (AvgIpc) is 2.95. The van der Waals surface area contributed by atoms with E-state index >= 15 is 0 Å². The van der Waals surface area contributed by atoms with Gasteiger partial charge in [0, 0.05) is 32.4 Å². The van der Waals surface area contributed by atoms with Crippen LogP contribution in [0.3, 0.4) is 0 Å². The second-order valence-corrected chi connectivity index (χ2v) is 6.68. The predicted octanol–water partition coefficient (Wildman–Crippen LogP) is 2.42. The van der Waals surface area contributed by atoms with Crippen LogP contribution in [0.5, 0.6) is 0 Å². The first-order valence-corrected chi connectivity index (χ1v) is 8.32. The van der Waals surface area contributed by atoms with Crippen molar-refractivity contribution < 1.29 is 9.18 Å². The topological polar surface area (TPSA) is 50.2 Å². The fourth-order valence-corrected chi connectivity index (χ4v) is 3.00. The molecular formula is C18H23FN4O. The van der Waals surface area contributed by atoms with Gasteiger partial charge in [0.1, 0.15) is 17.3 Å². The Morgan fingerprint density at radius 2 is 2.21 bits per heavy atom. The van der Waals surface area contributed by atoms with Crippen LogP contribution < -0.4 is 5.32 Å². The van der Waals surface area contributed by atoms with Gasteiger partial charge in [-0.2, -0.15) is 0 Å². The van der Waals surface area contributed by atoms with Crippen molar-refractivity contribution in [2.24, 2.45) is 5.92 Å². The van der Waals surface area contributed by atoms with Gasteiger partial charge < -0.3 is 9.88 Å². The summed E-state index contributed by atoms with van der Waals surface area (Å²) in [6.07, 6.45) is 1.81. The number of fused-ring (bicyclic) bond motifs is 1. The molecule has 24 heavy (non-hydrogen) atoms. The Kier molecular flexibility index (Phi) is 4.94. The summed E-state index contributed by atoms with van der Waals surface area (Å²) < 4.78 is 15.2. The van der Waals surface area contributed by atoms with Gasteiger partial charge in [-0.25, -0.2) is 9.37 Å². The zero-order chi connectivity index (χ0) is 17.1. The second-order valence-electron chi connectivity index (χ2n) is 6.68. The minimum atomic E-state index is -0.301. The second kappa shape index (κ2) is 7.13. The first kappa shape index (κ1) is 16.6. The molecule has 0 saturated carbocycles. The molecule has 0 fully saturated rings. The summed E-state index contributed by atoms with van der Waals surface area (Å²) in [4.78, 5) is 19.1. The number of halogens is 1. The van der Waals surface area contributed by atoms with Gasteiger partial charge in [0.15, 0.2) is 0 Å². The largest absolute Gasteiger partial charge is 0.347 e. The first-order valence-electron chi connectivity index (χ1n) is 8.32. The van der Waals surface area contributed by atoms with E-state index in [1.54, 1.807) is 12.1 Å². The van der Waals surface area contributed by atoms with E-state index in [0.29, 0.717) is 11.6 Å². The molecule has 3 rings (SSSR count). The molecule has 1 aromatic carbocycles. The summed E-state index contributed by atoms with van der Waals surface area (Å²) in [5.74, 6) is 1.01. The number of rotatable bonds is 5. The number of nitrogens with zero attached hydrogens (tertiary/aromatic N) is 3. The highest BCUT2D eigenvalue weighted by Crippen LogP contribution is 2.14. The quantitative estimate of drug-likeness (QED) is 0.916. The zero-order valence-electron chi connectivity index (χ0n) is 14.1. The standard InChI is InChI=1S/C18H23FN4O/c1-13(2)10-22-6-7-23-11-16(21-17(23)12-22)18(24)20-9-14-4-3-5-15(19)8-14/h3-5,8,11,13H,6-7,9-10,12H2,1-2H3,(H,20,24). The van der Waals surface area contributed by atoms with Crippen molar-refractivity contribution in [1.82, 2.24) is 19.8 Å². The fourth-order valence-electron chi connectivity index (χ4n) is 3.00. The molecule has 1 aliphatic heterocycles. The van der Waals surface area contributed by atoms with Crippen LogP contribution in [0, 0.1) is 11.7 Å². The molecule has 0 bridgehead atoms. The van der Waals surface area contributed by atoms with E-state index < -0.39 is 0 Å². The van der Waals surface area contributed by atoms with Gasteiger partial charge in [-0.15, -0.1) is 0 Å². The number of aromatic nitrogens is 2. The minimum absolute atomic E-state index is 0.225. The normalized spacial score (nSPS) is 14.7. The summed E-state index contributed by atoms with van der Waals surface area (Å²) in [6, 6.07) is 6.22. The smallest absolute Gasteiger partial charge is 0.271 e. The molecule has 0 atom stereocenters. The van der Waals surface area contributed by atoms with Crippen LogP contribution >= 0.6 is 0 Å². The summed E-state index contributed by atoms with van der Waals surface area (Å²) in [5, 5.41) is 2.80. The molecule has 6 heteroatoms. The summed E-state index contributed by atoms with van der Waals surface area (Å²) in [7, 11) is 0. The number of imidazole rings is 1. The SMILES string of the molecule is CC(C)CN1CCn2cc(C(=O)NCc3cccc(F)c3)nc2C1. The lowest BCUT2D eigenvalue weighted by Gasteiger charge is -2.28. The highest BCUT2D eigenvalue weighted by Gasteiger charge is 2.21. The first-order chi connectivity index (χ1) is 11.5. The zero-order valence-corrected chi connectivity index (χ0v) is 14.1. The van der Waals surface area contributed by atoms with Gasteiger partial charge in [0.25, 0.3) is 5.91 Å². The molecule has 1 aliphatic rings. The molecule has 2 aromatic rings. The Hall–Kier alpha value is -2.21. The summed E-state index contributed by atoms with van der Waals surface area (Å²) in [5.41, 5.74) is 1.16. The maximum absolute atomic E-state index is 13.2. The Bertz CT molecular complexity index is 726. The van der Waals surface area contributed by atoms with Gasteiger partial charge in [-0.05, 0) is 23.6 Å². The summed E-state index contributed by atoms with van der Waals surface area (Å²) in [6.45, 7) is 8.33. The lowest BCUT2D eigenvalue weighted by molar-refractivity contribution is 0.0946. The maximum Gasteiger partial charge on any atom is 0.271 e. The Morgan fingerprint density at radius 1 is 1.38 bits per heavy atom.